The lowest BCUT2D eigenvalue weighted by Crippen LogP contribution is -2.26. The van der Waals surface area contributed by atoms with Crippen LogP contribution < -0.4 is 0 Å². The van der Waals surface area contributed by atoms with Crippen molar-refractivity contribution in [2.24, 2.45) is 7.05 Å². The SMILES string of the molecule is CO[C@@H]1C[C@@H](c2nncn2C)N(Cc2cn3cc(Cl)ccc3n2)C1. The normalized spacial score (nSPS) is 21.8. The molecule has 7 nitrogen and oxygen atoms in total. The Bertz CT molecular complexity index is 859. The number of pyridine rings is 1. The van der Waals surface area contributed by atoms with Gasteiger partial charge in [-0.15, -0.1) is 10.2 Å². The van der Waals surface area contributed by atoms with Gasteiger partial charge < -0.3 is 13.7 Å². The molecule has 4 rings (SSSR count). The molecule has 0 spiro atoms. The first-order chi connectivity index (χ1) is 11.6. The van der Waals surface area contributed by atoms with Crippen LogP contribution in [0.2, 0.25) is 5.02 Å². The van der Waals surface area contributed by atoms with Gasteiger partial charge in [0.25, 0.3) is 0 Å². The highest BCUT2D eigenvalue weighted by atomic mass is 35.5. The van der Waals surface area contributed by atoms with Crippen LogP contribution in [-0.4, -0.2) is 48.8 Å². The van der Waals surface area contributed by atoms with Gasteiger partial charge in [-0.2, -0.15) is 0 Å². The predicted octanol–water partition coefficient (Wildman–Crippen LogP) is 2.08. The largest absolute Gasteiger partial charge is 0.380 e. The van der Waals surface area contributed by atoms with E-state index in [1.807, 2.05) is 40.5 Å². The first-order valence-corrected chi connectivity index (χ1v) is 8.25. The summed E-state index contributed by atoms with van der Waals surface area (Å²) < 4.78 is 9.51. The number of fused-ring (bicyclic) bond motifs is 1. The van der Waals surface area contributed by atoms with Crippen molar-refractivity contribution in [1.29, 1.82) is 0 Å². The van der Waals surface area contributed by atoms with Crippen molar-refractivity contribution in [3.63, 3.8) is 0 Å². The zero-order chi connectivity index (χ0) is 16.7. The number of rotatable bonds is 4. The fraction of sp³-hybridized carbons (Fsp3) is 0.438. The summed E-state index contributed by atoms with van der Waals surface area (Å²) in [5.41, 5.74) is 1.90. The molecule has 0 N–H and O–H groups in total. The van der Waals surface area contributed by atoms with Crippen LogP contribution in [0.15, 0.2) is 30.9 Å². The van der Waals surface area contributed by atoms with Gasteiger partial charge in [0.1, 0.15) is 17.8 Å². The highest BCUT2D eigenvalue weighted by Crippen LogP contribution is 2.33. The maximum Gasteiger partial charge on any atom is 0.150 e. The van der Waals surface area contributed by atoms with Gasteiger partial charge in [0, 0.05) is 39.6 Å². The summed E-state index contributed by atoms with van der Waals surface area (Å²) in [4.78, 5) is 7.03. The monoisotopic (exact) mass is 346 g/mol. The van der Waals surface area contributed by atoms with Crippen LogP contribution in [0.1, 0.15) is 24.0 Å². The zero-order valence-corrected chi connectivity index (χ0v) is 14.4. The standard InChI is InChI=1S/C16H19ClN6O/c1-21-10-18-20-16(21)14-5-13(24-2)9-22(14)7-12-8-23-6-11(17)3-4-15(23)19-12/h3-4,6,8,10,13-14H,5,7,9H2,1-2H3/t13-,14+/m1/s1. The fourth-order valence-corrected chi connectivity index (χ4v) is 3.54. The molecule has 1 aliphatic heterocycles. The lowest BCUT2D eigenvalue weighted by molar-refractivity contribution is 0.107. The molecular formula is C16H19ClN6O. The molecule has 8 heteroatoms. The number of ether oxygens (including phenoxy) is 1. The van der Waals surface area contributed by atoms with Crippen LogP contribution in [0, 0.1) is 0 Å². The topological polar surface area (TPSA) is 60.5 Å². The third kappa shape index (κ3) is 2.79. The molecule has 0 radical (unpaired) electrons. The van der Waals surface area contributed by atoms with E-state index in [4.69, 9.17) is 16.3 Å². The van der Waals surface area contributed by atoms with Crippen LogP contribution in [0.4, 0.5) is 0 Å². The Kier molecular flexibility index (Phi) is 3.99. The zero-order valence-electron chi connectivity index (χ0n) is 13.6. The van der Waals surface area contributed by atoms with Crippen molar-refractivity contribution < 1.29 is 4.74 Å². The Balaban J connectivity index is 1.61. The van der Waals surface area contributed by atoms with Gasteiger partial charge in [-0.05, 0) is 18.6 Å². The molecule has 3 aromatic rings. The maximum atomic E-state index is 6.05. The molecule has 0 aromatic carbocycles. The molecule has 24 heavy (non-hydrogen) atoms. The van der Waals surface area contributed by atoms with Crippen molar-refractivity contribution in [2.75, 3.05) is 13.7 Å². The van der Waals surface area contributed by atoms with Crippen LogP contribution in [0.5, 0.6) is 0 Å². The van der Waals surface area contributed by atoms with E-state index in [0.29, 0.717) is 5.02 Å². The Morgan fingerprint density at radius 2 is 2.21 bits per heavy atom. The number of hydrogen-bond acceptors (Lipinski definition) is 5. The Morgan fingerprint density at radius 3 is 2.96 bits per heavy atom. The summed E-state index contributed by atoms with van der Waals surface area (Å²) in [6.45, 7) is 1.58. The molecule has 1 aliphatic rings. The quantitative estimate of drug-likeness (QED) is 0.724. The fourth-order valence-electron chi connectivity index (χ4n) is 3.37. The molecule has 0 aliphatic carbocycles. The van der Waals surface area contributed by atoms with Crippen molar-refractivity contribution in [3.05, 3.63) is 47.4 Å². The number of aryl methyl sites for hydroxylation is 1. The van der Waals surface area contributed by atoms with Crippen molar-refractivity contribution >= 4 is 17.2 Å². The highest BCUT2D eigenvalue weighted by molar-refractivity contribution is 6.30. The van der Waals surface area contributed by atoms with E-state index in [1.165, 1.54) is 0 Å². The van der Waals surface area contributed by atoms with Crippen LogP contribution in [-0.2, 0) is 18.3 Å². The molecule has 2 atom stereocenters. The van der Waals surface area contributed by atoms with Crippen molar-refractivity contribution in [3.8, 4) is 0 Å². The number of likely N-dealkylation sites (tertiary alicyclic amines) is 1. The predicted molar refractivity (Wildman–Crippen MR) is 89.8 cm³/mol. The van der Waals surface area contributed by atoms with Crippen LogP contribution in [0.3, 0.4) is 0 Å². The van der Waals surface area contributed by atoms with Gasteiger partial charge in [0.05, 0.1) is 22.9 Å². The summed E-state index contributed by atoms with van der Waals surface area (Å²) >= 11 is 6.05. The summed E-state index contributed by atoms with van der Waals surface area (Å²) in [6, 6.07) is 3.96. The van der Waals surface area contributed by atoms with Crippen LogP contribution in [0.25, 0.3) is 5.65 Å². The second kappa shape index (κ2) is 6.16. The van der Waals surface area contributed by atoms with Gasteiger partial charge in [-0.1, -0.05) is 11.6 Å². The number of hydrogen-bond donors (Lipinski definition) is 0. The molecule has 0 saturated carbocycles. The molecule has 0 amide bonds. The lowest BCUT2D eigenvalue weighted by Gasteiger charge is -2.22. The molecule has 1 saturated heterocycles. The molecular weight excluding hydrogens is 328 g/mol. The van der Waals surface area contributed by atoms with Gasteiger partial charge in [0.15, 0.2) is 0 Å². The van der Waals surface area contributed by atoms with E-state index < -0.39 is 0 Å². The minimum Gasteiger partial charge on any atom is -0.380 e. The molecule has 0 bridgehead atoms. The van der Waals surface area contributed by atoms with E-state index in [-0.39, 0.29) is 12.1 Å². The van der Waals surface area contributed by atoms with Gasteiger partial charge >= 0.3 is 0 Å². The average molecular weight is 347 g/mol. The number of imidazole rings is 1. The lowest BCUT2D eigenvalue weighted by atomic mass is 10.2. The second-order valence-corrected chi connectivity index (χ2v) is 6.62. The second-order valence-electron chi connectivity index (χ2n) is 6.18. The summed E-state index contributed by atoms with van der Waals surface area (Å²) in [7, 11) is 3.73. The van der Waals surface area contributed by atoms with E-state index >= 15 is 0 Å². The third-order valence-corrected chi connectivity index (χ3v) is 4.80. The molecule has 1 fully saturated rings. The molecule has 4 heterocycles. The maximum absolute atomic E-state index is 6.05. The summed E-state index contributed by atoms with van der Waals surface area (Å²) in [6.07, 6.45) is 6.73. The number of halogens is 1. The summed E-state index contributed by atoms with van der Waals surface area (Å²) in [5.74, 6) is 0.960. The van der Waals surface area contributed by atoms with E-state index in [9.17, 15) is 0 Å². The minimum atomic E-state index is 0.177. The number of nitrogens with zero attached hydrogens (tertiary/aromatic N) is 6. The minimum absolute atomic E-state index is 0.177. The van der Waals surface area contributed by atoms with E-state index in [2.05, 4.69) is 20.1 Å². The highest BCUT2D eigenvalue weighted by Gasteiger charge is 2.36. The van der Waals surface area contributed by atoms with Crippen molar-refractivity contribution in [2.45, 2.75) is 25.1 Å². The smallest absolute Gasteiger partial charge is 0.150 e. The molecule has 3 aromatic heterocycles. The van der Waals surface area contributed by atoms with Crippen molar-refractivity contribution in [1.82, 2.24) is 29.0 Å². The number of methoxy groups -OCH3 is 1. The van der Waals surface area contributed by atoms with Gasteiger partial charge in [-0.3, -0.25) is 4.90 Å². The average Bonchev–Trinajstić information content (AvgIpc) is 3.25. The van der Waals surface area contributed by atoms with E-state index in [0.717, 1.165) is 36.7 Å². The Labute approximate surface area is 144 Å². The molecule has 126 valence electrons. The first-order valence-electron chi connectivity index (χ1n) is 7.88. The van der Waals surface area contributed by atoms with Crippen LogP contribution >= 0.6 is 11.6 Å². The Morgan fingerprint density at radius 1 is 1.33 bits per heavy atom. The Hall–Kier alpha value is -1.96. The first kappa shape index (κ1) is 15.6. The van der Waals surface area contributed by atoms with Gasteiger partial charge in [-0.25, -0.2) is 4.98 Å². The number of aromatic nitrogens is 5. The molecule has 0 unspecified atom stereocenters. The summed E-state index contributed by atoms with van der Waals surface area (Å²) in [5, 5.41) is 9.00. The third-order valence-electron chi connectivity index (χ3n) is 4.57. The van der Waals surface area contributed by atoms with Gasteiger partial charge in [0.2, 0.25) is 0 Å². The van der Waals surface area contributed by atoms with E-state index in [1.54, 1.807) is 13.4 Å².